The topological polar surface area (TPSA) is 12.0 Å². The Morgan fingerprint density at radius 2 is 2.00 bits per heavy atom. The van der Waals surface area contributed by atoms with Gasteiger partial charge in [-0.25, -0.2) is 0 Å². The Kier molecular flexibility index (Phi) is 5.01. The van der Waals surface area contributed by atoms with Crippen molar-refractivity contribution >= 4 is 0 Å². The second-order valence-electron chi connectivity index (χ2n) is 4.30. The first-order chi connectivity index (χ1) is 5.52. The van der Waals surface area contributed by atoms with E-state index in [-0.39, 0.29) is 0 Å². The van der Waals surface area contributed by atoms with Crippen LogP contribution in [0.5, 0.6) is 0 Å². The molecule has 0 aliphatic rings. The third kappa shape index (κ3) is 4.41. The molecule has 0 aromatic carbocycles. The van der Waals surface area contributed by atoms with E-state index < -0.39 is 0 Å². The minimum Gasteiger partial charge on any atom is -0.316 e. The van der Waals surface area contributed by atoms with E-state index in [1.165, 1.54) is 6.42 Å². The van der Waals surface area contributed by atoms with Crippen molar-refractivity contribution in [1.82, 2.24) is 5.32 Å². The molecule has 0 bridgehead atoms. The van der Waals surface area contributed by atoms with E-state index in [2.05, 4.69) is 32.0 Å². The van der Waals surface area contributed by atoms with E-state index >= 15 is 0 Å². The zero-order valence-corrected chi connectivity index (χ0v) is 8.78. The molecular weight excluding hydrogens is 146 g/mol. The minimum atomic E-state index is 0.337. The first-order valence-corrected chi connectivity index (χ1v) is 4.63. The van der Waals surface area contributed by atoms with Crippen molar-refractivity contribution in [3.63, 3.8) is 0 Å². The van der Waals surface area contributed by atoms with Gasteiger partial charge in [-0.15, -0.1) is 12.3 Å². The van der Waals surface area contributed by atoms with Crippen LogP contribution in [0, 0.1) is 17.8 Å². The van der Waals surface area contributed by atoms with Crippen LogP contribution in [0.2, 0.25) is 0 Å². The predicted molar refractivity (Wildman–Crippen MR) is 55.0 cm³/mol. The van der Waals surface area contributed by atoms with Crippen molar-refractivity contribution in [2.24, 2.45) is 5.41 Å². The zero-order valence-electron chi connectivity index (χ0n) is 8.78. The quantitative estimate of drug-likeness (QED) is 0.501. The van der Waals surface area contributed by atoms with E-state index in [4.69, 9.17) is 6.42 Å². The van der Waals surface area contributed by atoms with Gasteiger partial charge in [0.1, 0.15) is 0 Å². The highest BCUT2D eigenvalue weighted by atomic mass is 14.9. The molecule has 0 saturated carbocycles. The Labute approximate surface area is 76.9 Å². The molecule has 0 rings (SSSR count). The second-order valence-corrected chi connectivity index (χ2v) is 4.30. The zero-order chi connectivity index (χ0) is 9.61. The lowest BCUT2D eigenvalue weighted by Gasteiger charge is -2.30. The van der Waals surface area contributed by atoms with E-state index in [9.17, 15) is 0 Å². The van der Waals surface area contributed by atoms with Crippen molar-refractivity contribution in [3.8, 4) is 12.3 Å². The largest absolute Gasteiger partial charge is 0.316 e. The normalized spacial score (nSPS) is 13.9. The fourth-order valence-corrected chi connectivity index (χ4v) is 1.42. The molecule has 1 atom stereocenters. The van der Waals surface area contributed by atoms with E-state index in [1.54, 1.807) is 0 Å². The third-order valence-corrected chi connectivity index (χ3v) is 2.21. The summed E-state index contributed by atoms with van der Waals surface area (Å²) in [6.45, 7) is 6.76. The summed E-state index contributed by atoms with van der Waals surface area (Å²) in [5, 5.41) is 3.33. The predicted octanol–water partition coefficient (Wildman–Crippen LogP) is 2.42. The van der Waals surface area contributed by atoms with Gasteiger partial charge in [-0.2, -0.15) is 0 Å². The van der Waals surface area contributed by atoms with Crippen LogP contribution in [-0.2, 0) is 0 Å². The Hall–Kier alpha value is -0.480. The average molecular weight is 167 g/mol. The average Bonchev–Trinajstić information content (AvgIpc) is 1.95. The van der Waals surface area contributed by atoms with Gasteiger partial charge in [0, 0.05) is 12.5 Å². The summed E-state index contributed by atoms with van der Waals surface area (Å²) < 4.78 is 0. The van der Waals surface area contributed by atoms with Gasteiger partial charge in [-0.1, -0.05) is 20.8 Å². The van der Waals surface area contributed by atoms with Crippen molar-refractivity contribution in [1.29, 1.82) is 0 Å². The van der Waals surface area contributed by atoms with Crippen molar-refractivity contribution in [2.45, 2.75) is 46.1 Å². The summed E-state index contributed by atoms with van der Waals surface area (Å²) >= 11 is 0. The molecule has 1 heteroatoms. The lowest BCUT2D eigenvalue weighted by molar-refractivity contribution is 0.264. The van der Waals surface area contributed by atoms with Crippen molar-refractivity contribution in [3.05, 3.63) is 0 Å². The van der Waals surface area contributed by atoms with Gasteiger partial charge in [0.2, 0.25) is 0 Å². The van der Waals surface area contributed by atoms with E-state index in [1.807, 2.05) is 7.05 Å². The van der Waals surface area contributed by atoms with Crippen LogP contribution in [0.15, 0.2) is 0 Å². The minimum absolute atomic E-state index is 0.337. The lowest BCUT2D eigenvalue weighted by atomic mass is 9.84. The fraction of sp³-hybridized carbons (Fsp3) is 0.818. The molecule has 70 valence electrons. The van der Waals surface area contributed by atoms with Crippen LogP contribution >= 0.6 is 0 Å². The molecular formula is C11H21N. The number of hydrogen-bond donors (Lipinski definition) is 1. The van der Waals surface area contributed by atoms with E-state index in [0.29, 0.717) is 11.5 Å². The monoisotopic (exact) mass is 167 g/mol. The van der Waals surface area contributed by atoms with Gasteiger partial charge >= 0.3 is 0 Å². The molecule has 12 heavy (non-hydrogen) atoms. The molecule has 0 spiro atoms. The Morgan fingerprint density at radius 3 is 2.33 bits per heavy atom. The lowest BCUT2D eigenvalue weighted by Crippen LogP contribution is -2.37. The number of nitrogens with one attached hydrogen (secondary N) is 1. The molecule has 0 amide bonds. The summed E-state index contributed by atoms with van der Waals surface area (Å²) in [5.74, 6) is 2.67. The first-order valence-electron chi connectivity index (χ1n) is 4.63. The SMILES string of the molecule is C#CCCCC(NC)C(C)(C)C. The van der Waals surface area contributed by atoms with Crippen LogP contribution < -0.4 is 5.32 Å². The molecule has 0 saturated heterocycles. The highest BCUT2D eigenvalue weighted by molar-refractivity contribution is 4.85. The molecule has 1 unspecified atom stereocenters. The summed E-state index contributed by atoms with van der Waals surface area (Å²) in [4.78, 5) is 0. The highest BCUT2D eigenvalue weighted by Gasteiger charge is 2.21. The number of terminal acetylenes is 1. The summed E-state index contributed by atoms with van der Waals surface area (Å²) in [7, 11) is 2.02. The molecule has 0 aliphatic heterocycles. The maximum Gasteiger partial charge on any atom is 0.0113 e. The highest BCUT2D eigenvalue weighted by Crippen LogP contribution is 2.22. The number of unbranched alkanes of at least 4 members (excludes halogenated alkanes) is 1. The number of rotatable bonds is 4. The molecule has 0 radical (unpaired) electrons. The van der Waals surface area contributed by atoms with E-state index in [0.717, 1.165) is 12.8 Å². The molecule has 1 N–H and O–H groups in total. The van der Waals surface area contributed by atoms with Crippen molar-refractivity contribution in [2.75, 3.05) is 7.05 Å². The number of hydrogen-bond acceptors (Lipinski definition) is 1. The summed E-state index contributed by atoms with van der Waals surface area (Å²) in [6, 6.07) is 0.575. The Morgan fingerprint density at radius 1 is 1.42 bits per heavy atom. The van der Waals surface area contributed by atoms with Gasteiger partial charge in [-0.05, 0) is 25.3 Å². The maximum absolute atomic E-state index is 5.19. The van der Waals surface area contributed by atoms with Crippen LogP contribution in [0.1, 0.15) is 40.0 Å². The molecule has 0 fully saturated rings. The second kappa shape index (κ2) is 5.22. The molecule has 0 aromatic rings. The van der Waals surface area contributed by atoms with Gasteiger partial charge in [0.15, 0.2) is 0 Å². The van der Waals surface area contributed by atoms with Gasteiger partial charge in [-0.3, -0.25) is 0 Å². The van der Waals surface area contributed by atoms with Crippen LogP contribution in [0.4, 0.5) is 0 Å². The summed E-state index contributed by atoms with van der Waals surface area (Å²) in [5.41, 5.74) is 0.337. The van der Waals surface area contributed by atoms with Gasteiger partial charge in [0.05, 0.1) is 0 Å². The van der Waals surface area contributed by atoms with Crippen LogP contribution in [0.25, 0.3) is 0 Å². The molecule has 0 aromatic heterocycles. The molecule has 0 heterocycles. The Balaban J connectivity index is 3.78. The Bertz CT molecular complexity index is 147. The molecule has 0 aliphatic carbocycles. The molecule has 1 nitrogen and oxygen atoms in total. The van der Waals surface area contributed by atoms with Crippen LogP contribution in [0.3, 0.4) is 0 Å². The van der Waals surface area contributed by atoms with Crippen molar-refractivity contribution < 1.29 is 0 Å². The summed E-state index contributed by atoms with van der Waals surface area (Å²) in [6.07, 6.45) is 8.39. The third-order valence-electron chi connectivity index (χ3n) is 2.21. The first kappa shape index (κ1) is 11.5. The van der Waals surface area contributed by atoms with Gasteiger partial charge < -0.3 is 5.32 Å². The van der Waals surface area contributed by atoms with Crippen LogP contribution in [-0.4, -0.2) is 13.1 Å². The standard InChI is InChI=1S/C11H21N/c1-6-7-8-9-10(12-5)11(2,3)4/h1,10,12H,7-9H2,2-5H3. The smallest absolute Gasteiger partial charge is 0.0113 e. The fourth-order valence-electron chi connectivity index (χ4n) is 1.42. The van der Waals surface area contributed by atoms with Gasteiger partial charge in [0.25, 0.3) is 0 Å². The maximum atomic E-state index is 5.19.